The second-order valence-corrected chi connectivity index (χ2v) is 3.49. The van der Waals surface area contributed by atoms with Gasteiger partial charge in [-0.05, 0) is 18.6 Å². The van der Waals surface area contributed by atoms with E-state index in [1.165, 1.54) is 0 Å². The number of aryl methyl sites for hydroxylation is 1. The van der Waals surface area contributed by atoms with Gasteiger partial charge in [0.25, 0.3) is 0 Å². The first-order valence-corrected chi connectivity index (χ1v) is 4.98. The van der Waals surface area contributed by atoms with E-state index < -0.39 is 0 Å². The summed E-state index contributed by atoms with van der Waals surface area (Å²) in [6, 6.07) is 5.69. The zero-order valence-electron chi connectivity index (χ0n) is 9.01. The van der Waals surface area contributed by atoms with Crippen molar-refractivity contribution in [1.82, 2.24) is 15.0 Å². The maximum atomic E-state index is 5.33. The van der Waals surface area contributed by atoms with Crippen LogP contribution in [0.2, 0.25) is 0 Å². The Balaban J connectivity index is 2.24. The lowest BCUT2D eigenvalue weighted by Crippen LogP contribution is -2.11. The molecule has 0 aromatic carbocycles. The Morgan fingerprint density at radius 1 is 1.38 bits per heavy atom. The van der Waals surface area contributed by atoms with Gasteiger partial charge in [0.15, 0.2) is 0 Å². The lowest BCUT2D eigenvalue weighted by Gasteiger charge is -2.04. The summed E-state index contributed by atoms with van der Waals surface area (Å²) < 4.78 is 0. The number of nitrogens with two attached hydrogens (primary N) is 1. The van der Waals surface area contributed by atoms with Crippen molar-refractivity contribution in [2.24, 2.45) is 5.84 Å². The Labute approximate surface area is 93.7 Å². The number of pyridine rings is 1. The van der Waals surface area contributed by atoms with E-state index in [4.69, 9.17) is 5.84 Å². The summed E-state index contributed by atoms with van der Waals surface area (Å²) in [6.07, 6.45) is 4.21. The average molecular weight is 215 g/mol. The molecule has 0 fully saturated rings. The first kappa shape index (κ1) is 10.5. The SMILES string of the molecule is Cc1cc(NN)nc(Cc2cccnc2)n1. The van der Waals surface area contributed by atoms with E-state index in [1.807, 2.05) is 19.1 Å². The number of hydrogen-bond donors (Lipinski definition) is 2. The lowest BCUT2D eigenvalue weighted by atomic mass is 10.2. The molecule has 0 amide bonds. The standard InChI is InChI=1S/C11H13N5/c1-8-5-11(16-12)15-10(14-8)6-9-3-2-4-13-7-9/h2-5,7H,6,12H2,1H3,(H,14,15,16). The Hall–Kier alpha value is -2.01. The van der Waals surface area contributed by atoms with Crippen LogP contribution in [0, 0.1) is 6.92 Å². The second kappa shape index (κ2) is 4.67. The molecule has 2 rings (SSSR count). The molecule has 0 atom stereocenters. The number of rotatable bonds is 3. The van der Waals surface area contributed by atoms with E-state index in [2.05, 4.69) is 20.4 Å². The Kier molecular flexibility index (Phi) is 3.07. The molecule has 3 N–H and O–H groups in total. The number of nitrogen functional groups attached to an aromatic ring is 1. The van der Waals surface area contributed by atoms with Crippen molar-refractivity contribution in [1.29, 1.82) is 0 Å². The van der Waals surface area contributed by atoms with E-state index in [9.17, 15) is 0 Å². The van der Waals surface area contributed by atoms with Gasteiger partial charge in [0, 0.05) is 30.6 Å². The van der Waals surface area contributed by atoms with Gasteiger partial charge in [-0.1, -0.05) is 6.07 Å². The molecule has 0 unspecified atom stereocenters. The molecule has 2 heterocycles. The Morgan fingerprint density at radius 3 is 2.94 bits per heavy atom. The van der Waals surface area contributed by atoms with Crippen molar-refractivity contribution >= 4 is 5.82 Å². The first-order chi connectivity index (χ1) is 7.78. The van der Waals surface area contributed by atoms with Gasteiger partial charge in [0.2, 0.25) is 0 Å². The second-order valence-electron chi connectivity index (χ2n) is 3.49. The third-order valence-electron chi connectivity index (χ3n) is 2.13. The highest BCUT2D eigenvalue weighted by Gasteiger charge is 2.02. The van der Waals surface area contributed by atoms with Crippen molar-refractivity contribution in [3.05, 3.63) is 47.7 Å². The van der Waals surface area contributed by atoms with Gasteiger partial charge >= 0.3 is 0 Å². The molecule has 0 aliphatic rings. The number of nitrogens with zero attached hydrogens (tertiary/aromatic N) is 3. The Bertz CT molecular complexity index is 469. The van der Waals surface area contributed by atoms with Gasteiger partial charge in [-0.15, -0.1) is 0 Å². The average Bonchev–Trinajstić information content (AvgIpc) is 2.29. The fraction of sp³-hybridized carbons (Fsp3) is 0.182. The van der Waals surface area contributed by atoms with Crippen LogP contribution < -0.4 is 11.3 Å². The van der Waals surface area contributed by atoms with Crippen molar-refractivity contribution < 1.29 is 0 Å². The van der Waals surface area contributed by atoms with Crippen molar-refractivity contribution in [2.75, 3.05) is 5.43 Å². The molecule has 0 spiro atoms. The molecule has 2 aromatic heterocycles. The zero-order chi connectivity index (χ0) is 11.4. The maximum absolute atomic E-state index is 5.33. The normalized spacial score (nSPS) is 10.1. The van der Waals surface area contributed by atoms with Crippen LogP contribution in [0.15, 0.2) is 30.6 Å². The van der Waals surface area contributed by atoms with Crippen LogP contribution in [-0.4, -0.2) is 15.0 Å². The lowest BCUT2D eigenvalue weighted by molar-refractivity contribution is 0.935. The fourth-order valence-corrected chi connectivity index (χ4v) is 1.47. The van der Waals surface area contributed by atoms with Gasteiger partial charge in [-0.2, -0.15) is 0 Å². The largest absolute Gasteiger partial charge is 0.308 e. The van der Waals surface area contributed by atoms with E-state index in [0.717, 1.165) is 17.1 Å². The minimum Gasteiger partial charge on any atom is -0.308 e. The maximum Gasteiger partial charge on any atom is 0.143 e. The molecular formula is C11H13N5. The number of hydrazine groups is 1. The topological polar surface area (TPSA) is 76.7 Å². The summed E-state index contributed by atoms with van der Waals surface area (Å²) in [6.45, 7) is 1.91. The van der Waals surface area contributed by atoms with E-state index in [1.54, 1.807) is 18.5 Å². The highest BCUT2D eigenvalue weighted by atomic mass is 15.3. The minimum atomic E-state index is 0.631. The minimum absolute atomic E-state index is 0.631. The smallest absolute Gasteiger partial charge is 0.143 e. The van der Waals surface area contributed by atoms with Crippen molar-refractivity contribution in [3.63, 3.8) is 0 Å². The number of hydrogen-bond acceptors (Lipinski definition) is 5. The van der Waals surface area contributed by atoms with E-state index >= 15 is 0 Å². The van der Waals surface area contributed by atoms with E-state index in [0.29, 0.717) is 12.2 Å². The molecular weight excluding hydrogens is 202 g/mol. The third-order valence-corrected chi connectivity index (χ3v) is 2.13. The van der Waals surface area contributed by atoms with E-state index in [-0.39, 0.29) is 0 Å². The number of nitrogens with one attached hydrogen (secondary N) is 1. The number of aromatic nitrogens is 3. The predicted octanol–water partition coefficient (Wildman–Crippen LogP) is 1.06. The summed E-state index contributed by atoms with van der Waals surface area (Å²) >= 11 is 0. The molecule has 0 bridgehead atoms. The molecule has 5 nitrogen and oxygen atoms in total. The molecule has 0 aliphatic carbocycles. The molecule has 2 aromatic rings. The first-order valence-electron chi connectivity index (χ1n) is 4.98. The molecule has 82 valence electrons. The Morgan fingerprint density at radius 2 is 2.25 bits per heavy atom. The summed E-state index contributed by atoms with van der Waals surface area (Å²) in [4.78, 5) is 12.7. The molecule has 5 heteroatoms. The van der Waals surface area contributed by atoms with Gasteiger partial charge < -0.3 is 5.43 Å². The third kappa shape index (κ3) is 2.52. The summed E-state index contributed by atoms with van der Waals surface area (Å²) in [7, 11) is 0. The van der Waals surface area contributed by atoms with Gasteiger partial charge in [0.1, 0.15) is 11.6 Å². The van der Waals surface area contributed by atoms with Gasteiger partial charge in [0.05, 0.1) is 0 Å². The van der Waals surface area contributed by atoms with Crippen LogP contribution in [-0.2, 0) is 6.42 Å². The van der Waals surface area contributed by atoms with Gasteiger partial charge in [-0.25, -0.2) is 15.8 Å². The molecule has 0 saturated heterocycles. The van der Waals surface area contributed by atoms with Crippen molar-refractivity contribution in [3.8, 4) is 0 Å². The van der Waals surface area contributed by atoms with Crippen LogP contribution >= 0.6 is 0 Å². The predicted molar refractivity (Wildman–Crippen MR) is 61.6 cm³/mol. The van der Waals surface area contributed by atoms with Gasteiger partial charge in [-0.3, -0.25) is 4.98 Å². The van der Waals surface area contributed by atoms with Crippen molar-refractivity contribution in [2.45, 2.75) is 13.3 Å². The quantitative estimate of drug-likeness (QED) is 0.591. The van der Waals surface area contributed by atoms with Crippen LogP contribution in [0.25, 0.3) is 0 Å². The fourth-order valence-electron chi connectivity index (χ4n) is 1.47. The molecule has 0 saturated carbocycles. The summed E-state index contributed by atoms with van der Waals surface area (Å²) in [5.41, 5.74) is 4.50. The van der Waals surface area contributed by atoms with Crippen LogP contribution in [0.5, 0.6) is 0 Å². The summed E-state index contributed by atoms with van der Waals surface area (Å²) in [5, 5.41) is 0. The monoisotopic (exact) mass is 215 g/mol. The summed E-state index contributed by atoms with van der Waals surface area (Å²) in [5.74, 6) is 6.70. The zero-order valence-corrected chi connectivity index (χ0v) is 9.01. The molecule has 0 aliphatic heterocycles. The number of anilines is 1. The van der Waals surface area contributed by atoms with Crippen LogP contribution in [0.4, 0.5) is 5.82 Å². The highest BCUT2D eigenvalue weighted by molar-refractivity contribution is 5.34. The molecule has 16 heavy (non-hydrogen) atoms. The van der Waals surface area contributed by atoms with Crippen LogP contribution in [0.1, 0.15) is 17.1 Å². The molecule has 0 radical (unpaired) electrons. The highest BCUT2D eigenvalue weighted by Crippen LogP contribution is 2.08. The van der Waals surface area contributed by atoms with Crippen LogP contribution in [0.3, 0.4) is 0 Å².